The molecule has 0 bridgehead atoms. The Bertz CT molecular complexity index is 1460. The highest BCUT2D eigenvalue weighted by atomic mass is 35.5. The molecule has 0 radical (unpaired) electrons. The summed E-state index contributed by atoms with van der Waals surface area (Å²) in [6.07, 6.45) is 0. The van der Waals surface area contributed by atoms with Crippen LogP contribution in [0.25, 0.3) is 5.76 Å². The molecule has 6 nitrogen and oxygen atoms in total. The zero-order valence-corrected chi connectivity index (χ0v) is 21.6. The van der Waals surface area contributed by atoms with Crippen molar-refractivity contribution in [3.8, 4) is 0 Å². The van der Waals surface area contributed by atoms with Crippen molar-refractivity contribution in [1.29, 1.82) is 0 Å². The van der Waals surface area contributed by atoms with E-state index in [1.54, 1.807) is 48.5 Å². The first-order valence-corrected chi connectivity index (χ1v) is 13.3. The van der Waals surface area contributed by atoms with Crippen molar-refractivity contribution in [2.45, 2.75) is 16.1 Å². The summed E-state index contributed by atoms with van der Waals surface area (Å²) in [6, 6.07) is 22.2. The summed E-state index contributed by atoms with van der Waals surface area (Å²) in [6.45, 7) is 0. The predicted molar refractivity (Wildman–Crippen MR) is 144 cm³/mol. The first-order valence-electron chi connectivity index (χ1n) is 10.7. The van der Waals surface area contributed by atoms with Gasteiger partial charge in [-0.25, -0.2) is 0 Å². The minimum Gasteiger partial charge on any atom is -0.507 e. The lowest BCUT2D eigenvalue weighted by Crippen LogP contribution is -2.29. The number of aliphatic hydroxyl groups is 1. The number of carbonyl (C=O) groups excluding carboxylic acids is 2. The van der Waals surface area contributed by atoms with Gasteiger partial charge in [0.15, 0.2) is 4.34 Å². The van der Waals surface area contributed by atoms with Gasteiger partial charge >= 0.3 is 5.91 Å². The molecule has 1 N–H and O–H groups in total. The molecule has 0 aliphatic carbocycles. The number of ketones is 1. The molecule has 180 valence electrons. The number of anilines is 1. The highest BCUT2D eigenvalue weighted by molar-refractivity contribution is 8.00. The van der Waals surface area contributed by atoms with E-state index in [-0.39, 0.29) is 16.5 Å². The van der Waals surface area contributed by atoms with Gasteiger partial charge in [0.25, 0.3) is 5.78 Å². The van der Waals surface area contributed by atoms with Gasteiger partial charge in [-0.1, -0.05) is 88.8 Å². The van der Waals surface area contributed by atoms with Crippen LogP contribution >= 0.6 is 46.3 Å². The normalized spacial score (nSPS) is 17.1. The van der Waals surface area contributed by atoms with Crippen LogP contribution < -0.4 is 4.90 Å². The van der Waals surface area contributed by atoms with E-state index < -0.39 is 17.7 Å². The van der Waals surface area contributed by atoms with Gasteiger partial charge in [-0.15, -0.1) is 10.2 Å². The molecule has 36 heavy (non-hydrogen) atoms. The second-order valence-electron chi connectivity index (χ2n) is 7.85. The molecule has 1 unspecified atom stereocenters. The Labute approximate surface area is 225 Å². The third-order valence-corrected chi connectivity index (χ3v) is 8.19. The van der Waals surface area contributed by atoms with Gasteiger partial charge in [0.1, 0.15) is 5.76 Å². The summed E-state index contributed by atoms with van der Waals surface area (Å²) in [7, 11) is 0. The van der Waals surface area contributed by atoms with Crippen LogP contribution in [0.3, 0.4) is 0 Å². The van der Waals surface area contributed by atoms with Crippen molar-refractivity contribution >= 4 is 68.9 Å². The molecule has 4 aromatic rings. The second-order valence-corrected chi connectivity index (χ2v) is 10.9. The van der Waals surface area contributed by atoms with Crippen LogP contribution in [0.1, 0.15) is 22.7 Å². The van der Waals surface area contributed by atoms with Crippen LogP contribution in [0, 0.1) is 0 Å². The van der Waals surface area contributed by atoms with Gasteiger partial charge in [0.05, 0.1) is 11.6 Å². The Balaban J connectivity index is 1.55. The summed E-state index contributed by atoms with van der Waals surface area (Å²) in [5.74, 6) is -1.21. The Morgan fingerprint density at radius 2 is 1.56 bits per heavy atom. The number of hydrogen-bond acceptors (Lipinski definition) is 7. The Morgan fingerprint density at radius 1 is 0.917 bits per heavy atom. The number of amides is 1. The number of benzene rings is 3. The second kappa shape index (κ2) is 10.4. The van der Waals surface area contributed by atoms with Crippen LogP contribution in [0.5, 0.6) is 0 Å². The third-order valence-electron chi connectivity index (χ3n) is 5.55. The molecule has 1 amide bonds. The molecule has 1 aliphatic heterocycles. The van der Waals surface area contributed by atoms with E-state index in [0.29, 0.717) is 31.3 Å². The number of nitrogens with zero attached hydrogens (tertiary/aromatic N) is 3. The minimum atomic E-state index is -0.905. The van der Waals surface area contributed by atoms with E-state index >= 15 is 0 Å². The summed E-state index contributed by atoms with van der Waals surface area (Å²) in [4.78, 5) is 27.8. The largest absolute Gasteiger partial charge is 0.507 e. The van der Waals surface area contributed by atoms with E-state index in [9.17, 15) is 14.7 Å². The topological polar surface area (TPSA) is 83.4 Å². The lowest BCUT2D eigenvalue weighted by Gasteiger charge is -2.22. The maximum Gasteiger partial charge on any atom is 0.301 e. The van der Waals surface area contributed by atoms with Crippen molar-refractivity contribution in [3.63, 3.8) is 0 Å². The summed E-state index contributed by atoms with van der Waals surface area (Å²) >= 11 is 14.8. The minimum absolute atomic E-state index is 0.0432. The van der Waals surface area contributed by atoms with Crippen molar-refractivity contribution in [3.05, 3.63) is 111 Å². The molecule has 2 heterocycles. The quantitative estimate of drug-likeness (QED) is 0.0932. The highest BCUT2D eigenvalue weighted by Crippen LogP contribution is 2.44. The van der Waals surface area contributed by atoms with Gasteiger partial charge < -0.3 is 5.11 Å². The number of carbonyl (C=O) groups is 2. The molecular weight excluding hydrogens is 537 g/mol. The Morgan fingerprint density at radius 3 is 2.22 bits per heavy atom. The zero-order chi connectivity index (χ0) is 25.2. The summed E-state index contributed by atoms with van der Waals surface area (Å²) in [5.41, 5.74) is 2.05. The van der Waals surface area contributed by atoms with E-state index in [1.807, 2.05) is 30.3 Å². The molecule has 5 rings (SSSR count). The fourth-order valence-electron chi connectivity index (χ4n) is 3.83. The Hall–Kier alpha value is -3.17. The standard InChI is InChI=1S/C26H17Cl2N3O3S2/c27-18-10-6-16(7-11-18)21-20(22(32)17-8-12-19(28)13-9-17)23(33)24(34)31(21)25-29-30-26(36-25)35-14-15-4-2-1-3-5-15/h1-13,21,32H,14H2/b22-20-. The highest BCUT2D eigenvalue weighted by Gasteiger charge is 2.48. The molecule has 10 heteroatoms. The first kappa shape index (κ1) is 24.5. The number of rotatable bonds is 6. The van der Waals surface area contributed by atoms with Gasteiger partial charge in [0.2, 0.25) is 5.13 Å². The summed E-state index contributed by atoms with van der Waals surface area (Å²) in [5, 5.41) is 20.8. The van der Waals surface area contributed by atoms with E-state index in [2.05, 4.69) is 10.2 Å². The van der Waals surface area contributed by atoms with Gasteiger partial charge in [-0.2, -0.15) is 0 Å². The monoisotopic (exact) mass is 553 g/mol. The van der Waals surface area contributed by atoms with Crippen LogP contribution in [-0.4, -0.2) is 27.0 Å². The van der Waals surface area contributed by atoms with Gasteiger partial charge in [-0.3, -0.25) is 14.5 Å². The Kier molecular flexibility index (Phi) is 7.11. The molecule has 3 aromatic carbocycles. The maximum absolute atomic E-state index is 13.3. The number of hydrogen-bond donors (Lipinski definition) is 1. The average molecular weight is 554 g/mol. The fourth-order valence-corrected chi connectivity index (χ4v) is 5.91. The van der Waals surface area contributed by atoms with E-state index in [0.717, 1.165) is 5.56 Å². The zero-order valence-electron chi connectivity index (χ0n) is 18.5. The number of Topliss-reactive ketones (excluding diaryl/α,β-unsaturated/α-hetero) is 1. The number of aromatic nitrogens is 2. The predicted octanol–water partition coefficient (Wildman–Crippen LogP) is 6.76. The lowest BCUT2D eigenvalue weighted by molar-refractivity contribution is -0.132. The molecule has 0 saturated carbocycles. The average Bonchev–Trinajstić information content (AvgIpc) is 3.46. The molecule has 1 aromatic heterocycles. The molecule has 1 fully saturated rings. The third kappa shape index (κ3) is 4.90. The smallest absolute Gasteiger partial charge is 0.301 e. The number of aliphatic hydroxyl groups excluding tert-OH is 1. The number of thioether (sulfide) groups is 1. The molecule has 1 aliphatic rings. The van der Waals surface area contributed by atoms with Gasteiger partial charge in [0, 0.05) is 21.4 Å². The van der Waals surface area contributed by atoms with Gasteiger partial charge in [-0.05, 0) is 47.5 Å². The van der Waals surface area contributed by atoms with Crippen molar-refractivity contribution in [2.24, 2.45) is 0 Å². The molecule has 1 atom stereocenters. The first-order chi connectivity index (χ1) is 17.4. The van der Waals surface area contributed by atoms with Crippen molar-refractivity contribution in [1.82, 2.24) is 10.2 Å². The van der Waals surface area contributed by atoms with Crippen LogP contribution in [0.15, 0.2) is 88.8 Å². The van der Waals surface area contributed by atoms with E-state index in [4.69, 9.17) is 23.2 Å². The van der Waals surface area contributed by atoms with Crippen molar-refractivity contribution in [2.75, 3.05) is 4.90 Å². The lowest BCUT2D eigenvalue weighted by atomic mass is 9.95. The van der Waals surface area contributed by atoms with Crippen LogP contribution in [0.4, 0.5) is 5.13 Å². The fraction of sp³-hybridized carbons (Fsp3) is 0.0769. The molecule has 1 saturated heterocycles. The number of halogens is 2. The van der Waals surface area contributed by atoms with E-state index in [1.165, 1.54) is 28.0 Å². The van der Waals surface area contributed by atoms with Crippen LogP contribution in [-0.2, 0) is 15.3 Å². The maximum atomic E-state index is 13.3. The summed E-state index contributed by atoms with van der Waals surface area (Å²) < 4.78 is 0.656. The SMILES string of the molecule is O=C1C(=O)N(c2nnc(SCc3ccccc3)s2)C(c2ccc(Cl)cc2)/C1=C(/O)c1ccc(Cl)cc1. The molecular formula is C26H17Cl2N3O3S2. The molecule has 0 spiro atoms. The van der Waals surface area contributed by atoms with Crippen molar-refractivity contribution < 1.29 is 14.7 Å². The van der Waals surface area contributed by atoms with Crippen LogP contribution in [0.2, 0.25) is 10.0 Å².